The Morgan fingerprint density at radius 3 is 2.53 bits per heavy atom. The highest BCUT2D eigenvalue weighted by atomic mass is 16.5. The van der Waals surface area contributed by atoms with Crippen molar-refractivity contribution >= 4 is 23.0 Å². The molecule has 0 bridgehead atoms. The molecule has 0 saturated heterocycles. The van der Waals surface area contributed by atoms with Crippen molar-refractivity contribution in [2.45, 2.75) is 25.7 Å². The summed E-state index contributed by atoms with van der Waals surface area (Å²) >= 11 is 0. The molecule has 0 saturated carbocycles. The summed E-state index contributed by atoms with van der Waals surface area (Å²) in [5.41, 5.74) is 5.52. The number of aromatic nitrogens is 6. The van der Waals surface area contributed by atoms with Gasteiger partial charge in [0, 0.05) is 11.1 Å². The normalized spacial score (nSPS) is 13.5. The van der Waals surface area contributed by atoms with E-state index in [0.29, 0.717) is 34.3 Å². The third-order valence-electron chi connectivity index (χ3n) is 6.49. The zero-order valence-electron chi connectivity index (χ0n) is 19.8. The summed E-state index contributed by atoms with van der Waals surface area (Å²) in [5.74, 6) is 1.51. The molecule has 0 atom stereocenters. The second kappa shape index (κ2) is 9.18. The summed E-state index contributed by atoms with van der Waals surface area (Å²) < 4.78 is 6.86. The van der Waals surface area contributed by atoms with E-state index in [1.54, 1.807) is 11.6 Å². The van der Waals surface area contributed by atoms with E-state index in [4.69, 9.17) is 9.72 Å². The Balaban J connectivity index is 1.65. The molecule has 180 valence electrons. The minimum atomic E-state index is -0.216. The Morgan fingerprint density at radius 1 is 1.00 bits per heavy atom. The summed E-state index contributed by atoms with van der Waals surface area (Å²) in [4.78, 5) is 23.3. The van der Waals surface area contributed by atoms with Crippen molar-refractivity contribution < 1.29 is 4.74 Å². The average Bonchev–Trinajstić information content (AvgIpc) is 3.58. The van der Waals surface area contributed by atoms with Crippen LogP contribution in [0, 0.1) is 0 Å². The number of nitrogens with zero attached hydrogens (tertiary/aromatic N) is 4. The molecule has 0 amide bonds. The maximum atomic E-state index is 14.1. The van der Waals surface area contributed by atoms with E-state index < -0.39 is 0 Å². The van der Waals surface area contributed by atoms with Gasteiger partial charge in [0.15, 0.2) is 5.65 Å². The van der Waals surface area contributed by atoms with E-state index in [9.17, 15) is 4.79 Å². The quantitative estimate of drug-likeness (QED) is 0.309. The maximum absolute atomic E-state index is 14.1. The number of hydrogen-bond donors (Lipinski definition) is 3. The molecule has 9 heteroatoms. The molecule has 0 radical (unpaired) electrons. The molecule has 3 N–H and O–H groups in total. The first-order valence-corrected chi connectivity index (χ1v) is 11.9. The topological polar surface area (TPSA) is 113 Å². The molecule has 6 rings (SSSR count). The molecule has 0 aliphatic heterocycles. The van der Waals surface area contributed by atoms with Crippen molar-refractivity contribution in [3.05, 3.63) is 82.9 Å². The second-order valence-electron chi connectivity index (χ2n) is 8.69. The molecule has 0 unspecified atom stereocenters. The van der Waals surface area contributed by atoms with Crippen LogP contribution in [0.25, 0.3) is 33.6 Å². The molecular weight excluding hydrogens is 454 g/mol. The predicted octanol–water partition coefficient (Wildman–Crippen LogP) is 5.18. The lowest BCUT2D eigenvalue weighted by Crippen LogP contribution is -2.20. The minimum absolute atomic E-state index is 0.216. The van der Waals surface area contributed by atoms with Crippen LogP contribution in [0.3, 0.4) is 0 Å². The third-order valence-corrected chi connectivity index (χ3v) is 6.49. The summed E-state index contributed by atoms with van der Waals surface area (Å²) in [6.45, 7) is 0. The van der Waals surface area contributed by atoms with Gasteiger partial charge in [-0.15, -0.1) is 0 Å². The van der Waals surface area contributed by atoms with Crippen molar-refractivity contribution in [2.75, 3.05) is 12.4 Å². The van der Waals surface area contributed by atoms with E-state index in [2.05, 4.69) is 31.7 Å². The van der Waals surface area contributed by atoms with Crippen molar-refractivity contribution in [1.29, 1.82) is 0 Å². The van der Waals surface area contributed by atoms with Crippen LogP contribution in [0.15, 0.2) is 71.8 Å². The number of ether oxygens (including phenoxy) is 1. The molecule has 36 heavy (non-hydrogen) atoms. The van der Waals surface area contributed by atoms with Crippen LogP contribution >= 0.6 is 0 Å². The third kappa shape index (κ3) is 3.84. The average molecular weight is 480 g/mol. The molecule has 9 nitrogen and oxygen atoms in total. The largest absolute Gasteiger partial charge is 0.497 e. The molecule has 0 fully saturated rings. The first-order valence-electron chi connectivity index (χ1n) is 11.9. The Labute approximate surface area is 206 Å². The number of fused-ring (bicyclic) bond motifs is 1. The number of hydrogen-bond acceptors (Lipinski definition) is 6. The van der Waals surface area contributed by atoms with Crippen LogP contribution < -0.4 is 15.6 Å². The fourth-order valence-electron chi connectivity index (χ4n) is 4.74. The van der Waals surface area contributed by atoms with Gasteiger partial charge in [-0.05, 0) is 49.0 Å². The Kier molecular flexibility index (Phi) is 5.57. The van der Waals surface area contributed by atoms with Crippen LogP contribution in [0.1, 0.15) is 31.2 Å². The molecule has 5 aromatic rings. The van der Waals surface area contributed by atoms with Crippen molar-refractivity contribution in [1.82, 2.24) is 29.8 Å². The van der Waals surface area contributed by atoms with Gasteiger partial charge in [-0.2, -0.15) is 14.6 Å². The van der Waals surface area contributed by atoms with E-state index in [1.807, 2.05) is 54.6 Å². The maximum Gasteiger partial charge on any atom is 0.282 e. The van der Waals surface area contributed by atoms with E-state index in [1.165, 1.54) is 18.3 Å². The fraction of sp³-hybridized carbons (Fsp3) is 0.185. The van der Waals surface area contributed by atoms with Crippen LogP contribution in [0.5, 0.6) is 5.75 Å². The van der Waals surface area contributed by atoms with Gasteiger partial charge in [-0.25, -0.2) is 10.1 Å². The Hall–Kier alpha value is -4.66. The van der Waals surface area contributed by atoms with E-state index >= 15 is 0 Å². The zero-order valence-corrected chi connectivity index (χ0v) is 19.8. The number of benzene rings is 2. The first kappa shape index (κ1) is 21.8. The van der Waals surface area contributed by atoms with Gasteiger partial charge < -0.3 is 10.1 Å². The van der Waals surface area contributed by atoms with Gasteiger partial charge in [0.25, 0.3) is 5.56 Å². The van der Waals surface area contributed by atoms with Gasteiger partial charge in [-0.3, -0.25) is 9.89 Å². The highest BCUT2D eigenvalue weighted by molar-refractivity contribution is 5.89. The lowest BCUT2D eigenvalue weighted by molar-refractivity contribution is 0.415. The number of allylic oxidation sites excluding steroid dienone is 2. The number of methoxy groups -OCH3 is 1. The van der Waals surface area contributed by atoms with Gasteiger partial charge in [0.05, 0.1) is 18.4 Å². The molecule has 0 spiro atoms. The molecule has 1 aliphatic carbocycles. The highest BCUT2D eigenvalue weighted by Gasteiger charge is 2.24. The minimum Gasteiger partial charge on any atom is -0.497 e. The number of nitrogens with one attached hydrogen (secondary N) is 3. The zero-order chi connectivity index (χ0) is 24.5. The Bertz CT molecular complexity index is 1600. The van der Waals surface area contributed by atoms with Crippen molar-refractivity contribution in [3.63, 3.8) is 0 Å². The number of aromatic amines is 2. The smallest absolute Gasteiger partial charge is 0.282 e. The Morgan fingerprint density at radius 2 is 1.83 bits per heavy atom. The van der Waals surface area contributed by atoms with E-state index in [-0.39, 0.29) is 5.56 Å². The molecule has 3 heterocycles. The van der Waals surface area contributed by atoms with Gasteiger partial charge in [-0.1, -0.05) is 48.5 Å². The van der Waals surface area contributed by atoms with Gasteiger partial charge in [0.1, 0.15) is 17.9 Å². The number of H-pyrrole nitrogens is 2. The lowest BCUT2D eigenvalue weighted by Gasteiger charge is -2.14. The summed E-state index contributed by atoms with van der Waals surface area (Å²) in [6, 6.07) is 17.4. The van der Waals surface area contributed by atoms with Gasteiger partial charge >= 0.3 is 0 Å². The fourth-order valence-corrected chi connectivity index (χ4v) is 4.74. The van der Waals surface area contributed by atoms with Crippen molar-refractivity contribution in [3.8, 4) is 28.1 Å². The van der Waals surface area contributed by atoms with Crippen LogP contribution in [0.4, 0.5) is 11.8 Å². The van der Waals surface area contributed by atoms with Crippen LogP contribution in [0.2, 0.25) is 0 Å². The number of anilines is 2. The highest BCUT2D eigenvalue weighted by Crippen LogP contribution is 2.37. The molecular formula is C27H25N7O2. The van der Waals surface area contributed by atoms with E-state index in [0.717, 1.165) is 36.1 Å². The van der Waals surface area contributed by atoms with Crippen LogP contribution in [-0.2, 0) is 0 Å². The summed E-state index contributed by atoms with van der Waals surface area (Å²) in [5, 5.41) is 13.3. The van der Waals surface area contributed by atoms with Crippen LogP contribution in [-0.4, -0.2) is 36.9 Å². The predicted molar refractivity (Wildman–Crippen MR) is 139 cm³/mol. The standard InChI is InChI=1S/C27H25N7O2/c1-36-20-14-12-18(13-15-20)22-24(31-27-28-16-29-32-27)30-25-21(17-8-4-2-5-9-17)23(33-34(25)26(22)35)19-10-6-3-7-11-19/h3,6-8,10-16,33H,2,4-5,9H2,1H3,(H2,28,29,31,32). The summed E-state index contributed by atoms with van der Waals surface area (Å²) in [7, 11) is 1.61. The molecule has 2 aromatic carbocycles. The van der Waals surface area contributed by atoms with Gasteiger partial charge in [0.2, 0.25) is 5.95 Å². The SMILES string of the molecule is COc1ccc(-c2c(Nc3ncn[nH]3)nc3c(C4=CCCCC4)c(-c4ccccc4)[nH]n3c2=O)cc1. The second-order valence-corrected chi connectivity index (χ2v) is 8.69. The summed E-state index contributed by atoms with van der Waals surface area (Å²) in [6.07, 6.45) is 7.90. The molecule has 3 aromatic heterocycles. The lowest BCUT2D eigenvalue weighted by atomic mass is 9.92. The number of rotatable bonds is 6. The molecule has 1 aliphatic rings. The first-order chi connectivity index (χ1) is 17.7. The van der Waals surface area contributed by atoms with Crippen molar-refractivity contribution in [2.24, 2.45) is 0 Å². The monoisotopic (exact) mass is 479 g/mol.